The molecule has 1 aliphatic carbocycles. The van der Waals surface area contributed by atoms with E-state index in [1.807, 2.05) is 12.1 Å². The molecule has 0 bridgehead atoms. The molecule has 2 aromatic rings. The second-order valence-electron chi connectivity index (χ2n) is 9.11. The first-order chi connectivity index (χ1) is 15.6. The van der Waals surface area contributed by atoms with Gasteiger partial charge in [-0.25, -0.2) is 4.79 Å². The third kappa shape index (κ3) is 5.57. The Hall–Kier alpha value is -2.67. The Labute approximate surface area is 190 Å². The number of rotatable bonds is 6. The van der Waals surface area contributed by atoms with Crippen LogP contribution in [0.4, 0.5) is 10.5 Å². The van der Waals surface area contributed by atoms with Gasteiger partial charge >= 0.3 is 6.03 Å². The number of amides is 2. The maximum absolute atomic E-state index is 12.6. The number of pyridine rings is 1. The lowest BCUT2D eigenvalue weighted by Crippen LogP contribution is -2.42. The van der Waals surface area contributed by atoms with Crippen molar-refractivity contribution in [3.63, 3.8) is 0 Å². The molecule has 32 heavy (non-hydrogen) atoms. The molecule has 7 nitrogen and oxygen atoms in total. The van der Waals surface area contributed by atoms with Gasteiger partial charge in [0.15, 0.2) is 0 Å². The average Bonchev–Trinajstić information content (AvgIpc) is 2.84. The molecule has 1 saturated carbocycles. The normalized spacial score (nSPS) is 20.9. The number of nitrogens with two attached hydrogens (primary N) is 1. The van der Waals surface area contributed by atoms with Crippen LogP contribution in [0.2, 0.25) is 0 Å². The quantitative estimate of drug-likeness (QED) is 0.499. The second kappa shape index (κ2) is 10.8. The highest BCUT2D eigenvalue weighted by molar-refractivity contribution is 6.05. The molecule has 1 aromatic heterocycles. The summed E-state index contributed by atoms with van der Waals surface area (Å²) in [4.78, 5) is 23.7. The minimum atomic E-state index is -0.447. The number of hydrogen-bond donors (Lipinski definition) is 2. The zero-order chi connectivity index (χ0) is 22.3. The van der Waals surface area contributed by atoms with Gasteiger partial charge in [0.1, 0.15) is 17.1 Å². The van der Waals surface area contributed by atoms with Crippen LogP contribution in [0.15, 0.2) is 35.5 Å². The van der Waals surface area contributed by atoms with E-state index >= 15 is 0 Å². The number of nitrogens with one attached hydrogen (secondary N) is 1. The first kappa shape index (κ1) is 22.5. The van der Waals surface area contributed by atoms with Crippen LogP contribution in [0.3, 0.4) is 0 Å². The van der Waals surface area contributed by atoms with Crippen LogP contribution >= 0.6 is 0 Å². The van der Waals surface area contributed by atoms with Gasteiger partial charge in [-0.1, -0.05) is 32.1 Å². The largest absolute Gasteiger partial charge is 0.494 e. The summed E-state index contributed by atoms with van der Waals surface area (Å²) in [5.74, 6) is 2.11. The van der Waals surface area contributed by atoms with Crippen molar-refractivity contribution in [3.8, 4) is 5.75 Å². The predicted molar refractivity (Wildman–Crippen MR) is 129 cm³/mol. The van der Waals surface area contributed by atoms with Crippen LogP contribution in [-0.4, -0.2) is 48.5 Å². The molecule has 3 N–H and O–H groups in total. The van der Waals surface area contributed by atoms with Gasteiger partial charge in [-0.15, -0.1) is 0 Å². The summed E-state index contributed by atoms with van der Waals surface area (Å²) >= 11 is 0. The molecule has 0 spiro atoms. The first-order valence-corrected chi connectivity index (χ1v) is 11.9. The number of hydrogen-bond acceptors (Lipinski definition) is 4. The number of aromatic nitrogens is 1. The Morgan fingerprint density at radius 3 is 2.88 bits per heavy atom. The number of anilines is 1. The zero-order valence-electron chi connectivity index (χ0n) is 19.1. The fraction of sp³-hybridized carbons (Fsp3) is 0.560. The summed E-state index contributed by atoms with van der Waals surface area (Å²) in [6, 6.07) is 6.89. The average molecular weight is 438 g/mol. The number of urea groups is 1. The maximum Gasteiger partial charge on any atom is 0.347 e. The van der Waals surface area contributed by atoms with E-state index in [1.165, 1.54) is 38.5 Å². The van der Waals surface area contributed by atoms with Gasteiger partial charge in [-0.2, -0.15) is 4.99 Å². The van der Waals surface area contributed by atoms with Gasteiger partial charge in [0, 0.05) is 24.0 Å². The molecular weight excluding hydrogens is 402 g/mol. The maximum atomic E-state index is 12.6. The summed E-state index contributed by atoms with van der Waals surface area (Å²) in [5.41, 5.74) is 7.64. The topological polar surface area (TPSA) is 92.8 Å². The fourth-order valence-electron chi connectivity index (χ4n) is 5.11. The number of aliphatic imine (C=N–C) groups is 1. The summed E-state index contributed by atoms with van der Waals surface area (Å²) in [5, 5.41) is 3.68. The van der Waals surface area contributed by atoms with Gasteiger partial charge in [0.25, 0.3) is 0 Å². The minimum Gasteiger partial charge on any atom is -0.494 e. The third-order valence-electron chi connectivity index (χ3n) is 6.93. The fourth-order valence-corrected chi connectivity index (χ4v) is 5.11. The van der Waals surface area contributed by atoms with Crippen LogP contribution in [0.25, 0.3) is 10.9 Å². The van der Waals surface area contributed by atoms with Crippen molar-refractivity contribution in [1.82, 2.24) is 9.88 Å². The Morgan fingerprint density at radius 1 is 1.22 bits per heavy atom. The number of carbonyl (C=O) groups is 1. The highest BCUT2D eigenvalue weighted by atomic mass is 16.5. The van der Waals surface area contributed by atoms with E-state index in [0.29, 0.717) is 22.8 Å². The Balaban J connectivity index is 1.36. The lowest BCUT2D eigenvalue weighted by Gasteiger charge is -2.33. The van der Waals surface area contributed by atoms with Crippen molar-refractivity contribution in [2.24, 2.45) is 22.6 Å². The Kier molecular flexibility index (Phi) is 7.58. The molecule has 2 heterocycles. The van der Waals surface area contributed by atoms with Gasteiger partial charge in [0.05, 0.1) is 12.8 Å². The highest BCUT2D eigenvalue weighted by Crippen LogP contribution is 2.30. The Morgan fingerprint density at radius 2 is 2.06 bits per heavy atom. The monoisotopic (exact) mass is 437 g/mol. The van der Waals surface area contributed by atoms with Crippen molar-refractivity contribution < 1.29 is 9.53 Å². The molecule has 1 saturated heterocycles. The molecule has 2 aliphatic rings. The number of amidine groups is 1. The molecule has 2 fully saturated rings. The van der Waals surface area contributed by atoms with E-state index in [4.69, 9.17) is 10.5 Å². The second-order valence-corrected chi connectivity index (χ2v) is 9.11. The molecule has 1 atom stereocenters. The lowest BCUT2D eigenvalue weighted by atomic mass is 9.86. The number of ether oxygens (including phenoxy) is 1. The number of fused-ring (bicyclic) bond motifs is 1. The van der Waals surface area contributed by atoms with Crippen molar-refractivity contribution in [2.45, 2.75) is 51.4 Å². The van der Waals surface area contributed by atoms with E-state index < -0.39 is 6.03 Å². The molecule has 0 radical (unpaired) electrons. The number of piperidine rings is 1. The van der Waals surface area contributed by atoms with Crippen LogP contribution in [0.1, 0.15) is 51.4 Å². The summed E-state index contributed by atoms with van der Waals surface area (Å²) in [6.07, 6.45) is 12.0. The zero-order valence-corrected chi connectivity index (χ0v) is 19.1. The third-order valence-corrected chi connectivity index (χ3v) is 6.93. The number of methoxy groups -OCH3 is 1. The number of benzene rings is 1. The molecule has 2 amide bonds. The lowest BCUT2D eigenvalue weighted by molar-refractivity contribution is 0.182. The van der Waals surface area contributed by atoms with Crippen molar-refractivity contribution in [2.75, 3.05) is 32.1 Å². The van der Waals surface area contributed by atoms with Gasteiger partial charge in [-0.05, 0) is 62.5 Å². The van der Waals surface area contributed by atoms with Crippen LogP contribution in [-0.2, 0) is 0 Å². The smallest absolute Gasteiger partial charge is 0.347 e. The van der Waals surface area contributed by atoms with E-state index in [0.717, 1.165) is 43.8 Å². The molecule has 1 aromatic carbocycles. The summed E-state index contributed by atoms with van der Waals surface area (Å²) < 4.78 is 5.37. The van der Waals surface area contributed by atoms with E-state index in [9.17, 15) is 4.79 Å². The van der Waals surface area contributed by atoms with Crippen LogP contribution < -0.4 is 15.8 Å². The minimum absolute atomic E-state index is 0.134. The molecule has 7 heteroatoms. The van der Waals surface area contributed by atoms with Crippen molar-refractivity contribution in [3.05, 3.63) is 30.5 Å². The number of nitrogens with zero attached hydrogens (tertiary/aromatic N) is 3. The highest BCUT2D eigenvalue weighted by Gasteiger charge is 2.24. The SMILES string of the molecule is COc1ccc(NC(=O)/N=C(\N)C2CCCN(CCC3CCCCC3)C2)c2cccnc12. The van der Waals surface area contributed by atoms with E-state index in [-0.39, 0.29) is 5.92 Å². The molecule has 172 valence electrons. The van der Waals surface area contributed by atoms with Crippen LogP contribution in [0, 0.1) is 11.8 Å². The van der Waals surface area contributed by atoms with Crippen molar-refractivity contribution >= 4 is 28.5 Å². The van der Waals surface area contributed by atoms with Gasteiger partial charge in [0.2, 0.25) is 0 Å². The van der Waals surface area contributed by atoms with Crippen LogP contribution in [0.5, 0.6) is 5.75 Å². The molecule has 4 rings (SSSR count). The van der Waals surface area contributed by atoms with E-state index in [2.05, 4.69) is 20.2 Å². The number of likely N-dealkylation sites (tertiary alicyclic amines) is 1. The number of carbonyl (C=O) groups excluding carboxylic acids is 1. The summed E-state index contributed by atoms with van der Waals surface area (Å²) in [7, 11) is 1.61. The van der Waals surface area contributed by atoms with E-state index in [1.54, 1.807) is 25.4 Å². The molecule has 1 aliphatic heterocycles. The molecular formula is C25H35N5O2. The first-order valence-electron chi connectivity index (χ1n) is 11.9. The van der Waals surface area contributed by atoms with Crippen molar-refractivity contribution in [1.29, 1.82) is 0 Å². The Bertz CT molecular complexity index is 954. The molecule has 1 unspecified atom stereocenters. The summed E-state index contributed by atoms with van der Waals surface area (Å²) in [6.45, 7) is 3.14. The standard InChI is InChI=1S/C25H35N5O2/c1-32-22-12-11-21(20-10-5-14-27-23(20)22)28-25(31)29-24(26)19-9-6-15-30(17-19)16-13-18-7-3-2-4-8-18/h5,10-12,14,18-19H,2-4,6-9,13,15-17H2,1H3,(H3,26,28,29,31). The van der Waals surface area contributed by atoms with Gasteiger partial charge in [-0.3, -0.25) is 4.98 Å². The van der Waals surface area contributed by atoms with Gasteiger partial charge < -0.3 is 20.7 Å². The predicted octanol–water partition coefficient (Wildman–Crippen LogP) is 4.81.